The summed E-state index contributed by atoms with van der Waals surface area (Å²) in [5.41, 5.74) is 0.0227. The molecule has 0 atom stereocenters. The SMILES string of the molecule is CCCCCCCCCC(=O)OCC(C)(C)CCCCCN(CCCO)CCCCCCCC(=O)OCCCCCC(CCC)CCC. The molecule has 0 heterocycles. The van der Waals surface area contributed by atoms with E-state index in [1.54, 1.807) is 0 Å². The van der Waals surface area contributed by atoms with Gasteiger partial charge in [0.05, 0.1) is 13.2 Å². The van der Waals surface area contributed by atoms with Crippen LogP contribution in [-0.2, 0) is 19.1 Å². The maximum Gasteiger partial charge on any atom is 0.305 e. The molecule has 1 N–H and O–H groups in total. The van der Waals surface area contributed by atoms with Crippen molar-refractivity contribution < 1.29 is 24.2 Å². The fourth-order valence-corrected chi connectivity index (χ4v) is 6.75. The van der Waals surface area contributed by atoms with E-state index in [9.17, 15) is 14.7 Å². The van der Waals surface area contributed by atoms with Crippen LogP contribution in [0.15, 0.2) is 0 Å². The molecule has 286 valence electrons. The number of rotatable bonds is 37. The van der Waals surface area contributed by atoms with Crippen LogP contribution >= 0.6 is 0 Å². The van der Waals surface area contributed by atoms with Crippen molar-refractivity contribution in [2.75, 3.05) is 39.5 Å². The number of hydrogen-bond donors (Lipinski definition) is 1. The maximum absolute atomic E-state index is 12.2. The lowest BCUT2D eigenvalue weighted by molar-refractivity contribution is -0.147. The second-order valence-corrected chi connectivity index (χ2v) is 15.5. The van der Waals surface area contributed by atoms with E-state index in [0.717, 1.165) is 83.3 Å². The number of unbranched alkanes of at least 4 members (excludes halogenated alkanes) is 14. The predicted molar refractivity (Wildman–Crippen MR) is 204 cm³/mol. The zero-order valence-electron chi connectivity index (χ0n) is 32.9. The third kappa shape index (κ3) is 32.1. The second-order valence-electron chi connectivity index (χ2n) is 15.5. The highest BCUT2D eigenvalue weighted by Crippen LogP contribution is 2.25. The highest BCUT2D eigenvalue weighted by Gasteiger charge is 2.20. The quantitative estimate of drug-likeness (QED) is 0.0519. The number of carbonyl (C=O) groups is 2. The van der Waals surface area contributed by atoms with Gasteiger partial charge in [-0.1, -0.05) is 150 Å². The van der Waals surface area contributed by atoms with Crippen LogP contribution in [-0.4, -0.2) is 61.4 Å². The molecule has 0 aliphatic carbocycles. The van der Waals surface area contributed by atoms with Gasteiger partial charge in [-0.3, -0.25) is 9.59 Å². The third-order valence-corrected chi connectivity index (χ3v) is 9.84. The first-order valence-corrected chi connectivity index (χ1v) is 20.9. The molecule has 0 rings (SSSR count). The van der Waals surface area contributed by atoms with Crippen LogP contribution in [0.4, 0.5) is 0 Å². The minimum absolute atomic E-state index is 0.0227. The lowest BCUT2D eigenvalue weighted by Gasteiger charge is -2.25. The first-order valence-electron chi connectivity index (χ1n) is 20.9. The molecule has 0 radical (unpaired) electrons. The summed E-state index contributed by atoms with van der Waals surface area (Å²) in [5, 5.41) is 9.37. The van der Waals surface area contributed by atoms with Gasteiger partial charge in [0, 0.05) is 26.0 Å². The van der Waals surface area contributed by atoms with Crippen LogP contribution in [0.25, 0.3) is 0 Å². The number of aliphatic hydroxyl groups excluding tert-OH is 1. The van der Waals surface area contributed by atoms with E-state index in [0.29, 0.717) is 26.1 Å². The third-order valence-electron chi connectivity index (χ3n) is 9.84. The Hall–Kier alpha value is -1.14. The first kappa shape index (κ1) is 46.9. The summed E-state index contributed by atoms with van der Waals surface area (Å²) in [6.07, 6.45) is 30.6. The first-order chi connectivity index (χ1) is 23.3. The Morgan fingerprint density at radius 3 is 1.65 bits per heavy atom. The summed E-state index contributed by atoms with van der Waals surface area (Å²) in [6.45, 7) is 15.7. The molecule has 0 aliphatic rings. The molecule has 0 aromatic rings. The van der Waals surface area contributed by atoms with Crippen LogP contribution in [0.1, 0.15) is 208 Å². The molecule has 6 heteroatoms. The smallest absolute Gasteiger partial charge is 0.305 e. The van der Waals surface area contributed by atoms with Gasteiger partial charge >= 0.3 is 11.9 Å². The maximum atomic E-state index is 12.2. The van der Waals surface area contributed by atoms with Crippen molar-refractivity contribution in [3.05, 3.63) is 0 Å². The van der Waals surface area contributed by atoms with E-state index in [1.165, 1.54) is 103 Å². The van der Waals surface area contributed by atoms with Crippen LogP contribution in [0.2, 0.25) is 0 Å². The van der Waals surface area contributed by atoms with Crippen LogP contribution in [0, 0.1) is 11.3 Å². The molecular formula is C42H83NO5. The summed E-state index contributed by atoms with van der Waals surface area (Å²) in [4.78, 5) is 26.8. The molecule has 0 amide bonds. The molecule has 0 bridgehead atoms. The molecule has 6 nitrogen and oxygen atoms in total. The van der Waals surface area contributed by atoms with E-state index < -0.39 is 0 Å². The van der Waals surface area contributed by atoms with Crippen LogP contribution in [0.5, 0.6) is 0 Å². The average molecular weight is 682 g/mol. The largest absolute Gasteiger partial charge is 0.466 e. The van der Waals surface area contributed by atoms with Gasteiger partial charge in [-0.15, -0.1) is 0 Å². The van der Waals surface area contributed by atoms with Gasteiger partial charge in [-0.05, 0) is 69.4 Å². The Balaban J connectivity index is 3.89. The van der Waals surface area contributed by atoms with Crippen molar-refractivity contribution in [3.63, 3.8) is 0 Å². The lowest BCUT2D eigenvalue weighted by atomic mass is 9.88. The molecule has 0 spiro atoms. The van der Waals surface area contributed by atoms with Gasteiger partial charge in [0.15, 0.2) is 0 Å². The van der Waals surface area contributed by atoms with Crippen molar-refractivity contribution in [2.24, 2.45) is 11.3 Å². The molecule has 0 aliphatic heterocycles. The van der Waals surface area contributed by atoms with Gasteiger partial charge < -0.3 is 19.5 Å². The van der Waals surface area contributed by atoms with E-state index in [4.69, 9.17) is 9.47 Å². The number of esters is 2. The fraction of sp³-hybridized carbons (Fsp3) is 0.952. The average Bonchev–Trinajstić information content (AvgIpc) is 3.06. The topological polar surface area (TPSA) is 76.1 Å². The minimum Gasteiger partial charge on any atom is -0.466 e. The predicted octanol–water partition coefficient (Wildman–Crippen LogP) is 11.6. The van der Waals surface area contributed by atoms with Crippen molar-refractivity contribution in [1.29, 1.82) is 0 Å². The Kier molecular flexibility index (Phi) is 33.5. The van der Waals surface area contributed by atoms with Gasteiger partial charge in [0.1, 0.15) is 0 Å². The van der Waals surface area contributed by atoms with Crippen LogP contribution in [0.3, 0.4) is 0 Å². The summed E-state index contributed by atoms with van der Waals surface area (Å²) >= 11 is 0. The molecule has 0 aromatic heterocycles. The zero-order chi connectivity index (χ0) is 35.6. The van der Waals surface area contributed by atoms with E-state index in [-0.39, 0.29) is 24.0 Å². The summed E-state index contributed by atoms with van der Waals surface area (Å²) in [5.74, 6) is 0.825. The number of carbonyl (C=O) groups excluding carboxylic acids is 2. The van der Waals surface area contributed by atoms with Gasteiger partial charge in [-0.25, -0.2) is 0 Å². The molecule has 48 heavy (non-hydrogen) atoms. The number of ether oxygens (including phenoxy) is 2. The normalized spacial score (nSPS) is 11.9. The van der Waals surface area contributed by atoms with E-state index in [1.807, 2.05) is 0 Å². The van der Waals surface area contributed by atoms with Gasteiger partial charge in [0.25, 0.3) is 0 Å². The molecular weight excluding hydrogens is 598 g/mol. The Bertz CT molecular complexity index is 706. The number of aliphatic hydroxyl groups is 1. The fourth-order valence-electron chi connectivity index (χ4n) is 6.75. The summed E-state index contributed by atoms with van der Waals surface area (Å²) < 4.78 is 11.1. The van der Waals surface area contributed by atoms with Crippen molar-refractivity contribution >= 4 is 11.9 Å². The van der Waals surface area contributed by atoms with Crippen molar-refractivity contribution in [1.82, 2.24) is 4.90 Å². The lowest BCUT2D eigenvalue weighted by Crippen LogP contribution is -2.28. The zero-order valence-corrected chi connectivity index (χ0v) is 32.9. The number of nitrogens with zero attached hydrogens (tertiary/aromatic N) is 1. The monoisotopic (exact) mass is 682 g/mol. The summed E-state index contributed by atoms with van der Waals surface area (Å²) in [6, 6.07) is 0. The highest BCUT2D eigenvalue weighted by atomic mass is 16.5. The minimum atomic E-state index is -0.0342. The second kappa shape index (κ2) is 34.3. The Morgan fingerprint density at radius 1 is 0.562 bits per heavy atom. The van der Waals surface area contributed by atoms with Gasteiger partial charge in [0.2, 0.25) is 0 Å². The molecule has 0 unspecified atom stereocenters. The van der Waals surface area contributed by atoms with Gasteiger partial charge in [-0.2, -0.15) is 0 Å². The Morgan fingerprint density at radius 2 is 1.06 bits per heavy atom. The molecule has 0 aromatic carbocycles. The number of hydrogen-bond acceptors (Lipinski definition) is 6. The van der Waals surface area contributed by atoms with E-state index in [2.05, 4.69) is 39.5 Å². The van der Waals surface area contributed by atoms with Crippen molar-refractivity contribution in [3.8, 4) is 0 Å². The Labute approximate surface area is 299 Å². The van der Waals surface area contributed by atoms with Crippen LogP contribution < -0.4 is 0 Å². The molecule has 0 fully saturated rings. The van der Waals surface area contributed by atoms with Crippen molar-refractivity contribution in [2.45, 2.75) is 208 Å². The molecule has 0 saturated carbocycles. The van der Waals surface area contributed by atoms with E-state index >= 15 is 0 Å². The highest BCUT2D eigenvalue weighted by molar-refractivity contribution is 5.69. The summed E-state index contributed by atoms with van der Waals surface area (Å²) in [7, 11) is 0. The molecule has 0 saturated heterocycles. The standard InChI is InChI=1S/C42H83NO5/c1-6-9-10-11-12-14-21-31-41(46)48-38-42(4,5)32-22-18-24-34-43(35-26-36-44)33-23-16-13-15-20-30-40(45)47-37-25-17-19-29-39(27-7-2)28-8-3/h39,44H,6-38H2,1-5H3.